The molecule has 4 heterocycles. The monoisotopic (exact) mass is 515 g/mol. The van der Waals surface area contributed by atoms with Crippen molar-refractivity contribution in [3.8, 4) is 28.0 Å². The molecule has 0 saturated heterocycles. The number of carbonyl (C=O) groups excluding carboxylic acids is 1. The van der Waals surface area contributed by atoms with E-state index in [4.69, 9.17) is 10.2 Å². The third-order valence-electron chi connectivity index (χ3n) is 6.55. The van der Waals surface area contributed by atoms with Gasteiger partial charge in [-0.2, -0.15) is 10.4 Å². The molecule has 0 aromatic carbocycles. The van der Waals surface area contributed by atoms with Crippen LogP contribution in [0.1, 0.15) is 56.0 Å². The molecule has 4 aromatic heterocycles. The van der Waals surface area contributed by atoms with E-state index in [2.05, 4.69) is 51.2 Å². The number of anilines is 1. The van der Waals surface area contributed by atoms with Gasteiger partial charge in [-0.3, -0.25) is 4.98 Å². The number of nitriles is 1. The zero-order chi connectivity index (χ0) is 25.9. The molecule has 1 fully saturated rings. The topological polar surface area (TPSA) is 133 Å². The van der Waals surface area contributed by atoms with E-state index in [1.807, 2.05) is 30.5 Å². The third kappa shape index (κ3) is 5.24. The van der Waals surface area contributed by atoms with Crippen molar-refractivity contribution in [3.63, 3.8) is 0 Å². The number of aromatic nitrogens is 5. The first-order valence-corrected chi connectivity index (χ1v) is 13.2. The molecule has 190 valence electrons. The van der Waals surface area contributed by atoms with Gasteiger partial charge >= 0.3 is 6.03 Å². The van der Waals surface area contributed by atoms with Crippen molar-refractivity contribution in [2.24, 2.45) is 0 Å². The molecule has 10 nitrogen and oxygen atoms in total. The maximum Gasteiger partial charge on any atom is 0.314 e. The molecule has 1 saturated carbocycles. The molecule has 0 spiro atoms. The summed E-state index contributed by atoms with van der Waals surface area (Å²) in [6.45, 7) is 4.19. The number of carbonyl (C=O) groups is 1. The highest BCUT2D eigenvalue weighted by molar-refractivity contribution is 7.14. The number of nitrogens with zero attached hydrogens (tertiary/aromatic N) is 6. The lowest BCUT2D eigenvalue weighted by Crippen LogP contribution is -2.42. The van der Waals surface area contributed by atoms with Gasteiger partial charge in [0.1, 0.15) is 11.1 Å². The van der Waals surface area contributed by atoms with Crippen LogP contribution < -0.4 is 16.0 Å². The van der Waals surface area contributed by atoms with Crippen LogP contribution in [-0.2, 0) is 0 Å². The number of rotatable bonds is 6. The smallest absolute Gasteiger partial charge is 0.314 e. The molecule has 4 aromatic rings. The highest BCUT2D eigenvalue weighted by Gasteiger charge is 2.26. The van der Waals surface area contributed by atoms with Crippen molar-refractivity contribution >= 4 is 28.6 Å². The number of urea groups is 1. The molecule has 2 amide bonds. The van der Waals surface area contributed by atoms with Crippen LogP contribution in [-0.4, -0.2) is 50.0 Å². The van der Waals surface area contributed by atoms with Crippen molar-refractivity contribution in [1.82, 2.24) is 35.4 Å². The first-order valence-electron chi connectivity index (χ1n) is 12.4. The van der Waals surface area contributed by atoms with E-state index in [0.717, 1.165) is 63.9 Å². The molecular formula is C26H29N9OS. The Morgan fingerprint density at radius 3 is 2.70 bits per heavy atom. The van der Waals surface area contributed by atoms with Gasteiger partial charge in [-0.05, 0) is 63.8 Å². The van der Waals surface area contributed by atoms with Crippen LogP contribution in [0.3, 0.4) is 0 Å². The largest absolute Gasteiger partial charge is 0.382 e. The molecule has 0 atom stereocenters. The molecule has 0 bridgehead atoms. The Labute approximate surface area is 219 Å². The fourth-order valence-corrected chi connectivity index (χ4v) is 5.74. The van der Waals surface area contributed by atoms with Gasteiger partial charge in [0.15, 0.2) is 5.01 Å². The fraction of sp³-hybridized carbons (Fsp3) is 0.385. The molecule has 11 heteroatoms. The zero-order valence-electron chi connectivity index (χ0n) is 21.0. The van der Waals surface area contributed by atoms with Gasteiger partial charge in [-0.25, -0.2) is 9.31 Å². The van der Waals surface area contributed by atoms with Gasteiger partial charge in [0.25, 0.3) is 0 Å². The highest BCUT2D eigenvalue weighted by atomic mass is 32.1. The summed E-state index contributed by atoms with van der Waals surface area (Å²) in [5.74, 6) is 0.346. The Morgan fingerprint density at radius 2 is 1.97 bits per heavy atom. The van der Waals surface area contributed by atoms with Gasteiger partial charge in [0, 0.05) is 36.9 Å². The van der Waals surface area contributed by atoms with Gasteiger partial charge in [0.2, 0.25) is 0 Å². The summed E-state index contributed by atoms with van der Waals surface area (Å²) in [6, 6.07) is 10.1. The first-order chi connectivity index (χ1) is 17.9. The summed E-state index contributed by atoms with van der Waals surface area (Å²) in [5.41, 5.74) is 4.83. The van der Waals surface area contributed by atoms with E-state index < -0.39 is 0 Å². The van der Waals surface area contributed by atoms with Crippen molar-refractivity contribution in [2.75, 3.05) is 12.4 Å². The molecule has 0 aliphatic heterocycles. The molecule has 0 unspecified atom stereocenters. The third-order valence-corrected chi connectivity index (χ3v) is 7.67. The molecule has 0 radical (unpaired) electrons. The van der Waals surface area contributed by atoms with Crippen molar-refractivity contribution in [2.45, 2.75) is 57.5 Å². The first kappa shape index (κ1) is 24.6. The van der Waals surface area contributed by atoms with E-state index in [0.29, 0.717) is 11.5 Å². The number of hydrogen-bond acceptors (Lipinski definition) is 8. The van der Waals surface area contributed by atoms with Gasteiger partial charge < -0.3 is 16.0 Å². The van der Waals surface area contributed by atoms with Gasteiger partial charge in [0.05, 0.1) is 34.2 Å². The van der Waals surface area contributed by atoms with E-state index >= 15 is 0 Å². The predicted octanol–water partition coefficient (Wildman–Crippen LogP) is 4.56. The van der Waals surface area contributed by atoms with Crippen LogP contribution in [0.25, 0.3) is 27.5 Å². The van der Waals surface area contributed by atoms with Crippen molar-refractivity contribution in [1.29, 1.82) is 5.26 Å². The van der Waals surface area contributed by atoms with Crippen molar-refractivity contribution < 1.29 is 4.79 Å². The lowest BCUT2D eigenvalue weighted by molar-refractivity contribution is 0.233. The summed E-state index contributed by atoms with van der Waals surface area (Å²) >= 11 is 1.61. The van der Waals surface area contributed by atoms with Crippen LogP contribution in [0.4, 0.5) is 10.5 Å². The summed E-state index contributed by atoms with van der Waals surface area (Å²) < 4.78 is 1.79. The highest BCUT2D eigenvalue weighted by Crippen LogP contribution is 2.39. The normalized spacial score (nSPS) is 17.5. The van der Waals surface area contributed by atoms with Crippen LogP contribution in [0.15, 0.2) is 36.7 Å². The van der Waals surface area contributed by atoms with Crippen molar-refractivity contribution in [3.05, 3.63) is 47.2 Å². The second-order valence-corrected chi connectivity index (χ2v) is 10.6. The van der Waals surface area contributed by atoms with E-state index in [-0.39, 0.29) is 18.1 Å². The maximum absolute atomic E-state index is 11.6. The Kier molecular flexibility index (Phi) is 7.01. The average molecular weight is 516 g/mol. The molecule has 1 aliphatic carbocycles. The predicted molar refractivity (Wildman–Crippen MR) is 143 cm³/mol. The van der Waals surface area contributed by atoms with E-state index in [1.54, 1.807) is 29.1 Å². The number of fused-ring (bicyclic) bond motifs is 1. The average Bonchev–Trinajstić information content (AvgIpc) is 3.56. The van der Waals surface area contributed by atoms with Crippen LogP contribution in [0.2, 0.25) is 0 Å². The van der Waals surface area contributed by atoms with Gasteiger partial charge in [-0.15, -0.1) is 10.2 Å². The summed E-state index contributed by atoms with van der Waals surface area (Å²) in [7, 11) is 1.64. The quantitative estimate of drug-likeness (QED) is 0.343. The molecule has 37 heavy (non-hydrogen) atoms. The standard InChI is InChI=1S/C26H29N9OS/c1-15(2)31-21-11-22(23-9-8-19-10-16(12-27)13-30-35(19)23)29-14-20(21)25-34-33-24(37-25)17-4-6-18(7-5-17)32-26(36)28-3/h8-11,13-15,17-18H,4-7H2,1-3H3,(H,29,31)(H2,28,32,36). The minimum Gasteiger partial charge on any atom is -0.382 e. The number of pyridine rings is 1. The maximum atomic E-state index is 11.6. The SMILES string of the molecule is CNC(=O)NC1CCC(c2nnc(-c3cnc(-c4ccc5cc(C#N)cnn45)cc3NC(C)C)s2)CC1. The van der Waals surface area contributed by atoms with Crippen LogP contribution in [0, 0.1) is 11.3 Å². The van der Waals surface area contributed by atoms with E-state index in [9.17, 15) is 4.79 Å². The Bertz CT molecular complexity index is 1460. The minimum atomic E-state index is -0.126. The number of amides is 2. The molecule has 1 aliphatic rings. The Morgan fingerprint density at radius 1 is 1.16 bits per heavy atom. The minimum absolute atomic E-state index is 0.126. The lowest BCUT2D eigenvalue weighted by atomic mass is 9.86. The second kappa shape index (κ2) is 10.5. The second-order valence-electron chi connectivity index (χ2n) is 9.54. The fourth-order valence-electron chi connectivity index (χ4n) is 4.70. The molecule has 3 N–H and O–H groups in total. The summed E-state index contributed by atoms with van der Waals surface area (Å²) in [6.07, 6.45) is 7.20. The molecule has 5 rings (SSSR count). The van der Waals surface area contributed by atoms with E-state index in [1.165, 1.54) is 0 Å². The lowest BCUT2D eigenvalue weighted by Gasteiger charge is -2.27. The summed E-state index contributed by atoms with van der Waals surface area (Å²) in [5, 5.41) is 33.7. The number of nitrogens with one attached hydrogen (secondary N) is 3. The summed E-state index contributed by atoms with van der Waals surface area (Å²) in [4.78, 5) is 16.4. The Hall–Kier alpha value is -4.04. The van der Waals surface area contributed by atoms with Gasteiger partial charge in [-0.1, -0.05) is 11.3 Å². The number of hydrogen-bond donors (Lipinski definition) is 3. The molecular weight excluding hydrogens is 486 g/mol. The van der Waals surface area contributed by atoms with Crippen LogP contribution >= 0.6 is 11.3 Å². The van der Waals surface area contributed by atoms with Crippen LogP contribution in [0.5, 0.6) is 0 Å². The zero-order valence-corrected chi connectivity index (χ0v) is 21.8. The Balaban J connectivity index is 1.40.